The Kier molecular flexibility index (Phi) is 5.39. The first-order valence-electron chi connectivity index (χ1n) is 7.27. The maximum absolute atomic E-state index is 3.55. The van der Waals surface area contributed by atoms with Crippen molar-refractivity contribution >= 4 is 0 Å². The van der Waals surface area contributed by atoms with Crippen molar-refractivity contribution in [2.45, 2.75) is 33.1 Å². The van der Waals surface area contributed by atoms with Crippen LogP contribution in [0.2, 0.25) is 0 Å². The van der Waals surface area contributed by atoms with Crippen LogP contribution in [0.4, 0.5) is 0 Å². The molecule has 1 aromatic carbocycles. The summed E-state index contributed by atoms with van der Waals surface area (Å²) >= 11 is 0. The van der Waals surface area contributed by atoms with Gasteiger partial charge in [0.2, 0.25) is 0 Å². The minimum Gasteiger partial charge on any atom is -0.351 e. The van der Waals surface area contributed by atoms with Gasteiger partial charge in [-0.3, -0.25) is 0 Å². The van der Waals surface area contributed by atoms with Gasteiger partial charge in [0.15, 0.2) is 0 Å². The Morgan fingerprint density at radius 2 is 1.75 bits per heavy atom. The lowest BCUT2D eigenvalue weighted by Crippen LogP contribution is -2.18. The summed E-state index contributed by atoms with van der Waals surface area (Å²) in [4.78, 5) is 2.21. The first-order valence-corrected chi connectivity index (χ1v) is 7.27. The Bertz CT molecular complexity index is 529. The predicted octanol–water partition coefficient (Wildman–Crippen LogP) is 2.86. The van der Waals surface area contributed by atoms with Gasteiger partial charge in [0.25, 0.3) is 0 Å². The highest BCUT2D eigenvalue weighted by Crippen LogP contribution is 2.11. The summed E-state index contributed by atoms with van der Waals surface area (Å²) < 4.78 is 2.28. The van der Waals surface area contributed by atoms with E-state index >= 15 is 0 Å². The van der Waals surface area contributed by atoms with Gasteiger partial charge in [-0.1, -0.05) is 24.3 Å². The first-order chi connectivity index (χ1) is 9.70. The second-order valence-corrected chi connectivity index (χ2v) is 5.40. The van der Waals surface area contributed by atoms with Gasteiger partial charge in [-0.05, 0) is 44.3 Å². The number of aromatic nitrogens is 1. The average molecular weight is 271 g/mol. The van der Waals surface area contributed by atoms with E-state index in [0.29, 0.717) is 0 Å². The zero-order valence-corrected chi connectivity index (χ0v) is 12.8. The van der Waals surface area contributed by atoms with E-state index in [1.807, 2.05) is 0 Å². The van der Waals surface area contributed by atoms with Gasteiger partial charge in [-0.25, -0.2) is 0 Å². The molecule has 0 aliphatic heterocycles. The molecule has 0 saturated carbocycles. The quantitative estimate of drug-likeness (QED) is 0.835. The molecular weight excluding hydrogens is 246 g/mol. The summed E-state index contributed by atoms with van der Waals surface area (Å²) in [6.45, 7) is 6.02. The number of benzene rings is 1. The monoisotopic (exact) mass is 271 g/mol. The molecule has 0 spiro atoms. The molecular formula is C17H25N3. The van der Waals surface area contributed by atoms with Crippen molar-refractivity contribution in [3.8, 4) is 0 Å². The lowest BCUT2D eigenvalue weighted by Gasteiger charge is -2.15. The maximum atomic E-state index is 3.55. The number of nitrogens with one attached hydrogen (secondary N) is 1. The molecule has 108 valence electrons. The third kappa shape index (κ3) is 3.95. The molecule has 0 aliphatic rings. The number of nitrogens with zero attached hydrogens (tertiary/aromatic N) is 2. The Hall–Kier alpha value is -1.58. The van der Waals surface area contributed by atoms with Crippen LogP contribution in [0.25, 0.3) is 0 Å². The molecule has 0 fully saturated rings. The van der Waals surface area contributed by atoms with Crippen LogP contribution in [-0.4, -0.2) is 23.6 Å². The van der Waals surface area contributed by atoms with Crippen molar-refractivity contribution in [1.29, 1.82) is 0 Å². The molecule has 0 aliphatic carbocycles. The van der Waals surface area contributed by atoms with Gasteiger partial charge < -0.3 is 14.8 Å². The van der Waals surface area contributed by atoms with Crippen molar-refractivity contribution in [2.75, 3.05) is 14.1 Å². The maximum Gasteiger partial charge on any atom is 0.0362 e. The third-order valence-electron chi connectivity index (χ3n) is 3.49. The van der Waals surface area contributed by atoms with E-state index < -0.39 is 0 Å². The number of aryl methyl sites for hydroxylation is 1. The lowest BCUT2D eigenvalue weighted by molar-refractivity contribution is 0.400. The fraction of sp³-hybridized carbons (Fsp3) is 0.412. The number of hydrogen-bond donors (Lipinski definition) is 1. The standard InChI is InChI=1S/C17H25N3/c1-4-20-11-7-10-17(20)13-18-12-15-8-5-6-9-16(15)14-19(2)3/h5-11,18H,4,12-14H2,1-3H3. The van der Waals surface area contributed by atoms with Crippen LogP contribution in [0.3, 0.4) is 0 Å². The third-order valence-corrected chi connectivity index (χ3v) is 3.49. The van der Waals surface area contributed by atoms with Gasteiger partial charge in [0.05, 0.1) is 0 Å². The van der Waals surface area contributed by atoms with E-state index in [1.165, 1.54) is 16.8 Å². The second kappa shape index (κ2) is 7.27. The van der Waals surface area contributed by atoms with Gasteiger partial charge >= 0.3 is 0 Å². The van der Waals surface area contributed by atoms with Gasteiger partial charge in [0.1, 0.15) is 0 Å². The van der Waals surface area contributed by atoms with Gasteiger partial charge in [0, 0.05) is 38.1 Å². The van der Waals surface area contributed by atoms with Crippen molar-refractivity contribution in [2.24, 2.45) is 0 Å². The van der Waals surface area contributed by atoms with Crippen molar-refractivity contribution < 1.29 is 0 Å². The zero-order valence-electron chi connectivity index (χ0n) is 12.8. The molecule has 3 nitrogen and oxygen atoms in total. The SMILES string of the molecule is CCn1cccc1CNCc1ccccc1CN(C)C. The van der Waals surface area contributed by atoms with Crippen molar-refractivity contribution in [1.82, 2.24) is 14.8 Å². The molecule has 1 N–H and O–H groups in total. The normalized spacial score (nSPS) is 11.2. The summed E-state index contributed by atoms with van der Waals surface area (Å²) in [5, 5.41) is 3.55. The summed E-state index contributed by atoms with van der Waals surface area (Å²) in [7, 11) is 4.22. The highest BCUT2D eigenvalue weighted by atomic mass is 15.0. The van der Waals surface area contributed by atoms with Crippen LogP contribution in [-0.2, 0) is 26.2 Å². The Labute approximate surface area is 122 Å². The van der Waals surface area contributed by atoms with Crippen LogP contribution in [0.15, 0.2) is 42.6 Å². The largest absolute Gasteiger partial charge is 0.351 e. The highest BCUT2D eigenvalue weighted by Gasteiger charge is 2.03. The van der Waals surface area contributed by atoms with E-state index in [-0.39, 0.29) is 0 Å². The summed E-state index contributed by atoms with van der Waals surface area (Å²) in [6.07, 6.45) is 2.14. The average Bonchev–Trinajstić information content (AvgIpc) is 2.87. The fourth-order valence-electron chi connectivity index (χ4n) is 2.47. The molecule has 20 heavy (non-hydrogen) atoms. The molecule has 3 heteroatoms. The molecule has 1 aromatic heterocycles. The molecule has 0 radical (unpaired) electrons. The van der Waals surface area contributed by atoms with Crippen molar-refractivity contribution in [3.05, 3.63) is 59.4 Å². The topological polar surface area (TPSA) is 20.2 Å². The Balaban J connectivity index is 1.94. The molecule has 0 atom stereocenters. The number of hydrogen-bond acceptors (Lipinski definition) is 2. The van der Waals surface area contributed by atoms with E-state index in [4.69, 9.17) is 0 Å². The molecule has 1 heterocycles. The first kappa shape index (κ1) is 14.8. The van der Waals surface area contributed by atoms with Crippen LogP contribution in [0, 0.1) is 0 Å². The van der Waals surface area contributed by atoms with E-state index in [2.05, 4.69) is 78.4 Å². The smallest absolute Gasteiger partial charge is 0.0362 e. The fourth-order valence-corrected chi connectivity index (χ4v) is 2.47. The summed E-state index contributed by atoms with van der Waals surface area (Å²) in [5.41, 5.74) is 4.13. The van der Waals surface area contributed by atoms with Gasteiger partial charge in [-0.2, -0.15) is 0 Å². The van der Waals surface area contributed by atoms with Gasteiger partial charge in [-0.15, -0.1) is 0 Å². The van der Waals surface area contributed by atoms with Crippen LogP contribution in [0.1, 0.15) is 23.7 Å². The summed E-state index contributed by atoms with van der Waals surface area (Å²) in [5.74, 6) is 0. The Morgan fingerprint density at radius 1 is 1.00 bits per heavy atom. The van der Waals surface area contributed by atoms with Crippen LogP contribution < -0.4 is 5.32 Å². The molecule has 0 amide bonds. The molecule has 2 rings (SSSR count). The van der Waals surface area contributed by atoms with E-state index in [0.717, 1.165) is 26.2 Å². The lowest BCUT2D eigenvalue weighted by atomic mass is 10.1. The van der Waals surface area contributed by atoms with Crippen molar-refractivity contribution in [3.63, 3.8) is 0 Å². The minimum absolute atomic E-state index is 0.914. The van der Waals surface area contributed by atoms with Crippen LogP contribution in [0.5, 0.6) is 0 Å². The second-order valence-electron chi connectivity index (χ2n) is 5.40. The molecule has 0 saturated heterocycles. The Morgan fingerprint density at radius 3 is 2.45 bits per heavy atom. The van der Waals surface area contributed by atoms with E-state index in [9.17, 15) is 0 Å². The zero-order chi connectivity index (χ0) is 14.4. The number of rotatable bonds is 7. The van der Waals surface area contributed by atoms with Crippen LogP contribution >= 0.6 is 0 Å². The minimum atomic E-state index is 0.914. The molecule has 2 aromatic rings. The van der Waals surface area contributed by atoms with E-state index in [1.54, 1.807) is 0 Å². The highest BCUT2D eigenvalue weighted by molar-refractivity contribution is 5.27. The molecule has 0 bridgehead atoms. The molecule has 0 unspecified atom stereocenters. The summed E-state index contributed by atoms with van der Waals surface area (Å²) in [6, 6.07) is 13.0. The predicted molar refractivity (Wildman–Crippen MR) is 84.5 cm³/mol.